The van der Waals surface area contributed by atoms with Gasteiger partial charge >= 0.3 is 5.63 Å². The fraction of sp³-hybridized carbons (Fsp3) is 0.190. The van der Waals surface area contributed by atoms with Crippen molar-refractivity contribution in [2.75, 3.05) is 0 Å². The highest BCUT2D eigenvalue weighted by Gasteiger charge is 2.13. The summed E-state index contributed by atoms with van der Waals surface area (Å²) in [6.07, 6.45) is 1.66. The van der Waals surface area contributed by atoms with Crippen LogP contribution in [0, 0.1) is 20.8 Å². The highest BCUT2D eigenvalue weighted by atomic mass is 35.5. The van der Waals surface area contributed by atoms with Crippen molar-refractivity contribution in [3.8, 4) is 5.69 Å². The molecule has 0 aliphatic heterocycles. The second kappa shape index (κ2) is 7.45. The summed E-state index contributed by atoms with van der Waals surface area (Å²) in [7, 11) is 0. The Balaban J connectivity index is 1.68. The van der Waals surface area contributed by atoms with Gasteiger partial charge in [0.05, 0.1) is 5.69 Å². The monoisotopic (exact) mass is 411 g/mol. The lowest BCUT2D eigenvalue weighted by atomic mass is 10.0. The highest BCUT2D eigenvalue weighted by Crippen LogP contribution is 2.29. The van der Waals surface area contributed by atoms with Crippen LogP contribution in [0.5, 0.6) is 0 Å². The summed E-state index contributed by atoms with van der Waals surface area (Å²) in [6.45, 7) is 5.93. The van der Waals surface area contributed by atoms with E-state index in [2.05, 4.69) is 10.2 Å². The number of rotatable bonds is 4. The van der Waals surface area contributed by atoms with Crippen molar-refractivity contribution in [2.45, 2.75) is 31.7 Å². The minimum Gasteiger partial charge on any atom is -0.422 e. The van der Waals surface area contributed by atoms with E-state index in [-0.39, 0.29) is 5.63 Å². The Morgan fingerprint density at radius 1 is 1.11 bits per heavy atom. The quantitative estimate of drug-likeness (QED) is 0.339. The van der Waals surface area contributed by atoms with Gasteiger partial charge in [0.2, 0.25) is 0 Å². The third kappa shape index (κ3) is 3.45. The minimum absolute atomic E-state index is 0.344. The molecule has 0 saturated carbocycles. The Morgan fingerprint density at radius 3 is 2.68 bits per heavy atom. The molecule has 0 fully saturated rings. The number of nitrogens with zero attached hydrogens (tertiary/aromatic N) is 3. The zero-order valence-electron chi connectivity index (χ0n) is 15.7. The molecule has 0 spiro atoms. The molecule has 4 aromatic rings. The third-order valence-corrected chi connectivity index (χ3v) is 6.22. The first kappa shape index (κ1) is 18.8. The second-order valence-corrected chi connectivity index (χ2v) is 8.03. The van der Waals surface area contributed by atoms with Crippen molar-refractivity contribution in [1.82, 2.24) is 14.8 Å². The molecule has 4 rings (SSSR count). The molecule has 0 unspecified atom stereocenters. The van der Waals surface area contributed by atoms with Crippen LogP contribution >= 0.6 is 23.4 Å². The Morgan fingerprint density at radius 2 is 1.89 bits per heavy atom. The van der Waals surface area contributed by atoms with Crippen molar-refractivity contribution < 1.29 is 4.42 Å². The molecule has 28 heavy (non-hydrogen) atoms. The number of benzene rings is 2. The first-order valence-corrected chi connectivity index (χ1v) is 10.1. The molecule has 2 aromatic carbocycles. The van der Waals surface area contributed by atoms with Crippen LogP contribution in [0.3, 0.4) is 0 Å². The SMILES string of the molecule is Cc1ccc(-n2cnnc2SCc2cc(=O)oc3c(C)c(C)ccc23)cc1Cl. The van der Waals surface area contributed by atoms with Crippen LogP contribution in [0.1, 0.15) is 22.3 Å². The fourth-order valence-corrected chi connectivity index (χ4v) is 4.11. The smallest absolute Gasteiger partial charge is 0.336 e. The maximum absolute atomic E-state index is 12.1. The van der Waals surface area contributed by atoms with Gasteiger partial charge in [-0.1, -0.05) is 41.6 Å². The van der Waals surface area contributed by atoms with E-state index in [1.54, 1.807) is 12.4 Å². The maximum atomic E-state index is 12.1. The van der Waals surface area contributed by atoms with Gasteiger partial charge in [-0.3, -0.25) is 4.57 Å². The first-order chi connectivity index (χ1) is 13.4. The molecule has 7 heteroatoms. The number of aromatic nitrogens is 3. The summed E-state index contributed by atoms with van der Waals surface area (Å²) in [4.78, 5) is 12.1. The second-order valence-electron chi connectivity index (χ2n) is 6.68. The lowest BCUT2D eigenvalue weighted by Crippen LogP contribution is -2.02. The van der Waals surface area contributed by atoms with Crippen LogP contribution in [0.25, 0.3) is 16.7 Å². The molecular weight excluding hydrogens is 394 g/mol. The van der Waals surface area contributed by atoms with Gasteiger partial charge < -0.3 is 4.42 Å². The van der Waals surface area contributed by atoms with Crippen molar-refractivity contribution >= 4 is 34.3 Å². The van der Waals surface area contributed by atoms with Gasteiger partial charge in [-0.2, -0.15) is 0 Å². The molecule has 2 aromatic heterocycles. The zero-order chi connectivity index (χ0) is 19.8. The number of aryl methyl sites for hydroxylation is 3. The summed E-state index contributed by atoms with van der Waals surface area (Å²) < 4.78 is 7.34. The van der Waals surface area contributed by atoms with Gasteiger partial charge in [0.1, 0.15) is 11.9 Å². The van der Waals surface area contributed by atoms with E-state index in [1.165, 1.54) is 11.8 Å². The zero-order valence-corrected chi connectivity index (χ0v) is 17.3. The van der Waals surface area contributed by atoms with E-state index < -0.39 is 0 Å². The molecular formula is C21H18ClN3O2S. The number of thioether (sulfide) groups is 1. The molecule has 0 bridgehead atoms. The van der Waals surface area contributed by atoms with E-state index in [1.807, 2.05) is 55.7 Å². The number of halogens is 1. The van der Waals surface area contributed by atoms with Gasteiger partial charge in [-0.25, -0.2) is 4.79 Å². The van der Waals surface area contributed by atoms with Crippen LogP contribution in [-0.2, 0) is 5.75 Å². The normalized spacial score (nSPS) is 11.3. The Hall–Kier alpha value is -2.57. The molecule has 0 saturated heterocycles. The van der Waals surface area contributed by atoms with Crippen LogP contribution in [0.4, 0.5) is 0 Å². The van der Waals surface area contributed by atoms with Crippen LogP contribution < -0.4 is 5.63 Å². The standard InChI is InChI=1S/C21H18ClN3O2S/c1-12-5-7-17-15(8-19(26)27-20(17)14(12)3)10-28-21-24-23-11-25(21)16-6-4-13(2)18(22)9-16/h4-9,11H,10H2,1-3H3. The number of hydrogen-bond donors (Lipinski definition) is 0. The molecule has 142 valence electrons. The average molecular weight is 412 g/mol. The Labute approximate surface area is 171 Å². The van der Waals surface area contributed by atoms with Gasteiger partial charge in [0.15, 0.2) is 5.16 Å². The van der Waals surface area contributed by atoms with Crippen molar-refractivity contribution in [2.24, 2.45) is 0 Å². The van der Waals surface area contributed by atoms with Crippen molar-refractivity contribution in [1.29, 1.82) is 0 Å². The Bertz CT molecular complexity index is 1250. The summed E-state index contributed by atoms with van der Waals surface area (Å²) >= 11 is 7.77. The van der Waals surface area contributed by atoms with Gasteiger partial charge in [-0.15, -0.1) is 10.2 Å². The van der Waals surface area contributed by atoms with Crippen LogP contribution in [-0.4, -0.2) is 14.8 Å². The predicted molar refractivity (Wildman–Crippen MR) is 113 cm³/mol. The minimum atomic E-state index is -0.344. The molecule has 2 heterocycles. The predicted octanol–water partition coefficient (Wildman–Crippen LogP) is 5.24. The highest BCUT2D eigenvalue weighted by molar-refractivity contribution is 7.98. The summed E-state index contributed by atoms with van der Waals surface area (Å²) in [5.74, 6) is 0.572. The van der Waals surface area contributed by atoms with E-state index in [4.69, 9.17) is 16.0 Å². The van der Waals surface area contributed by atoms with Crippen LogP contribution in [0.2, 0.25) is 5.02 Å². The Kier molecular flexibility index (Phi) is 5.00. The molecule has 0 N–H and O–H groups in total. The topological polar surface area (TPSA) is 60.9 Å². The van der Waals surface area contributed by atoms with E-state index >= 15 is 0 Å². The molecule has 0 radical (unpaired) electrons. The fourth-order valence-electron chi connectivity index (χ4n) is 3.02. The average Bonchev–Trinajstić information content (AvgIpc) is 3.14. The van der Waals surface area contributed by atoms with Crippen molar-refractivity contribution in [3.05, 3.63) is 80.4 Å². The molecule has 0 amide bonds. The molecule has 5 nitrogen and oxygen atoms in total. The van der Waals surface area contributed by atoms with Crippen LogP contribution in [0.15, 0.2) is 57.1 Å². The van der Waals surface area contributed by atoms with Gasteiger partial charge in [-0.05, 0) is 55.2 Å². The lowest BCUT2D eigenvalue weighted by Gasteiger charge is -2.10. The number of hydrogen-bond acceptors (Lipinski definition) is 5. The summed E-state index contributed by atoms with van der Waals surface area (Å²) in [5.41, 5.74) is 5.21. The maximum Gasteiger partial charge on any atom is 0.336 e. The van der Waals surface area contributed by atoms with E-state index in [9.17, 15) is 4.79 Å². The third-order valence-electron chi connectivity index (χ3n) is 4.82. The molecule has 0 aliphatic carbocycles. The molecule has 0 atom stereocenters. The first-order valence-electron chi connectivity index (χ1n) is 8.76. The summed E-state index contributed by atoms with van der Waals surface area (Å²) in [5, 5.41) is 10.6. The molecule has 0 aliphatic rings. The lowest BCUT2D eigenvalue weighted by molar-refractivity contribution is 0.557. The van der Waals surface area contributed by atoms with E-state index in [0.717, 1.165) is 38.5 Å². The largest absolute Gasteiger partial charge is 0.422 e. The van der Waals surface area contributed by atoms with E-state index in [0.29, 0.717) is 16.4 Å². The van der Waals surface area contributed by atoms with Gasteiger partial charge in [0, 0.05) is 22.2 Å². The number of fused-ring (bicyclic) bond motifs is 1. The van der Waals surface area contributed by atoms with Gasteiger partial charge in [0.25, 0.3) is 0 Å². The van der Waals surface area contributed by atoms with Crippen molar-refractivity contribution in [3.63, 3.8) is 0 Å². The summed E-state index contributed by atoms with van der Waals surface area (Å²) in [6, 6.07) is 11.4.